The Morgan fingerprint density at radius 2 is 2.08 bits per heavy atom. The van der Waals surface area contributed by atoms with Crippen molar-refractivity contribution in [3.05, 3.63) is 41.4 Å². The summed E-state index contributed by atoms with van der Waals surface area (Å²) >= 11 is 6.54. The van der Waals surface area contributed by atoms with E-state index in [-0.39, 0.29) is 5.95 Å². The molecule has 1 aromatic carbocycles. The quantitative estimate of drug-likeness (QED) is 0.746. The van der Waals surface area contributed by atoms with Gasteiger partial charge in [0.2, 0.25) is 5.95 Å². The molecule has 0 spiro atoms. The summed E-state index contributed by atoms with van der Waals surface area (Å²) in [6.07, 6.45) is 3.79. The summed E-state index contributed by atoms with van der Waals surface area (Å²) in [5.41, 5.74) is 8.63. The number of nitrogen functional groups attached to an aromatic ring is 1. The van der Waals surface area contributed by atoms with Crippen LogP contribution in [0.2, 0.25) is 5.02 Å². The molecule has 122 valence electrons. The summed E-state index contributed by atoms with van der Waals surface area (Å²) in [6, 6.07) is 7.52. The topological polar surface area (TPSA) is 89.9 Å². The number of benzene rings is 1. The Morgan fingerprint density at radius 3 is 2.79 bits per heavy atom. The number of oxazole rings is 1. The highest BCUT2D eigenvalue weighted by atomic mass is 35.5. The summed E-state index contributed by atoms with van der Waals surface area (Å²) in [5.74, 6) is 1.87. The first-order chi connectivity index (χ1) is 11.7. The predicted molar refractivity (Wildman–Crippen MR) is 93.9 cm³/mol. The van der Waals surface area contributed by atoms with Crippen molar-refractivity contribution in [3.8, 4) is 22.7 Å². The Hall–Kier alpha value is -2.60. The Labute approximate surface area is 144 Å². The van der Waals surface area contributed by atoms with Crippen LogP contribution >= 0.6 is 11.6 Å². The number of nitrogens with two attached hydrogens (primary N) is 1. The third-order valence-electron chi connectivity index (χ3n) is 4.00. The van der Waals surface area contributed by atoms with Crippen LogP contribution in [0.4, 0.5) is 11.6 Å². The number of rotatable bonds is 4. The molecular formula is C17H16ClN5O. The average molecular weight is 342 g/mol. The fraction of sp³-hybridized carbons (Fsp3) is 0.235. The van der Waals surface area contributed by atoms with Crippen molar-refractivity contribution in [3.63, 3.8) is 0 Å². The van der Waals surface area contributed by atoms with Crippen molar-refractivity contribution < 1.29 is 4.42 Å². The van der Waals surface area contributed by atoms with E-state index in [9.17, 15) is 0 Å². The third kappa shape index (κ3) is 2.59. The molecule has 6 nitrogen and oxygen atoms in total. The highest BCUT2D eigenvalue weighted by Crippen LogP contribution is 2.45. The van der Waals surface area contributed by atoms with Gasteiger partial charge in [0.05, 0.1) is 10.7 Å². The maximum Gasteiger partial charge on any atom is 0.220 e. The van der Waals surface area contributed by atoms with Crippen molar-refractivity contribution >= 4 is 23.2 Å². The van der Waals surface area contributed by atoms with Gasteiger partial charge in [-0.3, -0.25) is 0 Å². The molecule has 24 heavy (non-hydrogen) atoms. The zero-order valence-electron chi connectivity index (χ0n) is 13.1. The van der Waals surface area contributed by atoms with E-state index in [0.29, 0.717) is 28.1 Å². The van der Waals surface area contributed by atoms with Crippen LogP contribution in [-0.2, 0) is 0 Å². The molecule has 0 saturated heterocycles. The van der Waals surface area contributed by atoms with E-state index in [0.717, 1.165) is 30.0 Å². The number of halogens is 1. The lowest BCUT2D eigenvalue weighted by Crippen LogP contribution is -1.96. The van der Waals surface area contributed by atoms with E-state index in [1.165, 1.54) is 0 Å². The molecule has 2 heterocycles. The predicted octanol–water partition coefficient (Wildman–Crippen LogP) is 3.95. The molecule has 7 heteroatoms. The van der Waals surface area contributed by atoms with Crippen LogP contribution in [-0.4, -0.2) is 22.0 Å². The van der Waals surface area contributed by atoms with E-state index in [1.54, 1.807) is 12.3 Å². The van der Waals surface area contributed by atoms with Gasteiger partial charge in [-0.2, -0.15) is 0 Å². The van der Waals surface area contributed by atoms with Crippen LogP contribution in [0.3, 0.4) is 0 Å². The Kier molecular flexibility index (Phi) is 3.61. The van der Waals surface area contributed by atoms with Crippen molar-refractivity contribution in [1.29, 1.82) is 0 Å². The molecule has 3 aromatic rings. The molecule has 2 aromatic heterocycles. The van der Waals surface area contributed by atoms with Crippen molar-refractivity contribution in [1.82, 2.24) is 15.0 Å². The maximum absolute atomic E-state index is 6.54. The molecule has 0 bridgehead atoms. The Bertz CT molecular complexity index is 904. The van der Waals surface area contributed by atoms with E-state index < -0.39 is 0 Å². The Balaban J connectivity index is 1.91. The second-order valence-electron chi connectivity index (χ2n) is 5.72. The fourth-order valence-electron chi connectivity index (χ4n) is 2.61. The van der Waals surface area contributed by atoms with E-state index >= 15 is 0 Å². The molecule has 4 rings (SSSR count). The van der Waals surface area contributed by atoms with Gasteiger partial charge in [-0.1, -0.05) is 23.7 Å². The molecule has 1 aliphatic rings. The molecule has 1 saturated carbocycles. The SMILES string of the molecule is CNc1cccc(-c2nc(C3CC3)oc2-c2ccnc(N)n2)c1Cl. The lowest BCUT2D eigenvalue weighted by molar-refractivity contribution is 0.508. The second-order valence-corrected chi connectivity index (χ2v) is 6.10. The minimum absolute atomic E-state index is 0.192. The van der Waals surface area contributed by atoms with Crippen LogP contribution in [0.5, 0.6) is 0 Å². The lowest BCUT2D eigenvalue weighted by atomic mass is 10.1. The highest BCUT2D eigenvalue weighted by molar-refractivity contribution is 6.36. The van der Waals surface area contributed by atoms with Gasteiger partial charge in [-0.25, -0.2) is 15.0 Å². The summed E-state index contributed by atoms with van der Waals surface area (Å²) in [7, 11) is 1.83. The first-order valence-corrected chi connectivity index (χ1v) is 8.11. The third-order valence-corrected chi connectivity index (χ3v) is 4.41. The van der Waals surface area contributed by atoms with Crippen LogP contribution < -0.4 is 11.1 Å². The van der Waals surface area contributed by atoms with Crippen LogP contribution in [0, 0.1) is 0 Å². The first kappa shape index (κ1) is 15.0. The van der Waals surface area contributed by atoms with Gasteiger partial charge in [0, 0.05) is 24.7 Å². The average Bonchev–Trinajstić information content (AvgIpc) is 3.34. The first-order valence-electron chi connectivity index (χ1n) is 7.73. The molecule has 0 amide bonds. The zero-order valence-corrected chi connectivity index (χ0v) is 13.8. The van der Waals surface area contributed by atoms with Gasteiger partial charge in [0.15, 0.2) is 11.7 Å². The molecular weight excluding hydrogens is 326 g/mol. The molecule has 0 radical (unpaired) electrons. The van der Waals surface area contributed by atoms with Crippen molar-refractivity contribution in [2.24, 2.45) is 0 Å². The van der Waals surface area contributed by atoms with Crippen LogP contribution in [0.1, 0.15) is 24.7 Å². The number of anilines is 2. The summed E-state index contributed by atoms with van der Waals surface area (Å²) in [5, 5.41) is 3.68. The highest BCUT2D eigenvalue weighted by Gasteiger charge is 2.31. The molecule has 1 aliphatic carbocycles. The number of nitrogens with zero attached hydrogens (tertiary/aromatic N) is 3. The summed E-state index contributed by atoms with van der Waals surface area (Å²) < 4.78 is 6.03. The number of nitrogens with one attached hydrogen (secondary N) is 1. The molecule has 0 atom stereocenters. The number of hydrogen-bond acceptors (Lipinski definition) is 6. The monoisotopic (exact) mass is 341 g/mol. The minimum atomic E-state index is 0.192. The van der Waals surface area contributed by atoms with Crippen molar-refractivity contribution in [2.75, 3.05) is 18.1 Å². The van der Waals surface area contributed by atoms with E-state index in [4.69, 9.17) is 26.7 Å². The standard InChI is InChI=1S/C17H16ClN5O/c1-20-11-4-2-3-10(13(11)18)14-15(12-7-8-21-17(19)22-12)24-16(23-14)9-5-6-9/h2-4,7-9,20H,5-6H2,1H3,(H2,19,21,22). The normalized spacial score (nSPS) is 13.9. The number of hydrogen-bond donors (Lipinski definition) is 2. The van der Waals surface area contributed by atoms with Gasteiger partial charge < -0.3 is 15.5 Å². The van der Waals surface area contributed by atoms with E-state index in [1.807, 2.05) is 25.2 Å². The zero-order chi connectivity index (χ0) is 16.7. The smallest absolute Gasteiger partial charge is 0.220 e. The van der Waals surface area contributed by atoms with Gasteiger partial charge >= 0.3 is 0 Å². The van der Waals surface area contributed by atoms with Crippen LogP contribution in [0.25, 0.3) is 22.7 Å². The van der Waals surface area contributed by atoms with Gasteiger partial charge in [0.25, 0.3) is 0 Å². The fourth-order valence-corrected chi connectivity index (χ4v) is 2.92. The molecule has 3 N–H and O–H groups in total. The molecule has 0 unspecified atom stereocenters. The van der Waals surface area contributed by atoms with Crippen LogP contribution in [0.15, 0.2) is 34.9 Å². The number of aromatic nitrogens is 3. The minimum Gasteiger partial charge on any atom is -0.438 e. The Morgan fingerprint density at radius 1 is 1.25 bits per heavy atom. The largest absolute Gasteiger partial charge is 0.438 e. The maximum atomic E-state index is 6.54. The van der Waals surface area contributed by atoms with E-state index in [2.05, 4.69) is 15.3 Å². The van der Waals surface area contributed by atoms with Gasteiger partial charge in [-0.05, 0) is 25.0 Å². The molecule has 1 fully saturated rings. The lowest BCUT2D eigenvalue weighted by Gasteiger charge is -2.08. The van der Waals surface area contributed by atoms with Crippen molar-refractivity contribution in [2.45, 2.75) is 18.8 Å². The molecule has 0 aliphatic heterocycles. The summed E-state index contributed by atoms with van der Waals surface area (Å²) in [6.45, 7) is 0. The van der Waals surface area contributed by atoms with Gasteiger partial charge in [-0.15, -0.1) is 0 Å². The van der Waals surface area contributed by atoms with Gasteiger partial charge in [0.1, 0.15) is 11.4 Å². The summed E-state index contributed by atoms with van der Waals surface area (Å²) in [4.78, 5) is 12.9. The second kappa shape index (κ2) is 5.79.